The van der Waals surface area contributed by atoms with E-state index in [2.05, 4.69) is 29.6 Å². The summed E-state index contributed by atoms with van der Waals surface area (Å²) in [7, 11) is 1.38. The van der Waals surface area contributed by atoms with Crippen molar-refractivity contribution in [3.8, 4) is 0 Å². The number of nitrogens with one attached hydrogen (secondary N) is 1. The van der Waals surface area contributed by atoms with Crippen molar-refractivity contribution in [2.24, 2.45) is 5.92 Å². The predicted molar refractivity (Wildman–Crippen MR) is 60.6 cm³/mol. The third-order valence-corrected chi connectivity index (χ3v) is 2.85. The van der Waals surface area contributed by atoms with Crippen LogP contribution in [0.1, 0.15) is 26.2 Å². The minimum Gasteiger partial charge on any atom is -0.453 e. The van der Waals surface area contributed by atoms with E-state index in [0.29, 0.717) is 12.5 Å². The van der Waals surface area contributed by atoms with Crippen LogP contribution in [0.15, 0.2) is 23.8 Å². The van der Waals surface area contributed by atoms with Crippen LogP contribution < -0.4 is 5.32 Å². The SMILES string of the molecule is C=C(C)C1CC=C(CNC(=O)OC)CC1. The molecular weight excluding hydrogens is 190 g/mol. The van der Waals surface area contributed by atoms with Crippen LogP contribution in [0.25, 0.3) is 0 Å². The van der Waals surface area contributed by atoms with Gasteiger partial charge in [0.1, 0.15) is 0 Å². The fraction of sp³-hybridized carbons (Fsp3) is 0.583. The Hall–Kier alpha value is -1.25. The number of carbonyl (C=O) groups excluding carboxylic acids is 1. The lowest BCUT2D eigenvalue weighted by atomic mass is 9.85. The van der Waals surface area contributed by atoms with Crippen LogP contribution in [0.2, 0.25) is 0 Å². The van der Waals surface area contributed by atoms with Gasteiger partial charge < -0.3 is 10.1 Å². The first-order chi connectivity index (χ1) is 7.13. The number of ether oxygens (including phenoxy) is 1. The van der Waals surface area contributed by atoms with Gasteiger partial charge in [-0.3, -0.25) is 0 Å². The zero-order valence-corrected chi connectivity index (χ0v) is 9.51. The second-order valence-corrected chi connectivity index (χ2v) is 4.03. The highest BCUT2D eigenvalue weighted by atomic mass is 16.5. The Labute approximate surface area is 91.2 Å². The van der Waals surface area contributed by atoms with E-state index in [9.17, 15) is 4.79 Å². The number of hydrogen-bond acceptors (Lipinski definition) is 2. The van der Waals surface area contributed by atoms with Gasteiger partial charge in [-0.1, -0.05) is 23.8 Å². The number of allylic oxidation sites excluding steroid dienone is 2. The largest absolute Gasteiger partial charge is 0.453 e. The lowest BCUT2D eigenvalue weighted by Crippen LogP contribution is -2.26. The summed E-state index contributed by atoms with van der Waals surface area (Å²) in [5.41, 5.74) is 2.55. The number of hydrogen-bond donors (Lipinski definition) is 1. The Morgan fingerprint density at radius 3 is 2.93 bits per heavy atom. The molecule has 15 heavy (non-hydrogen) atoms. The Bertz CT molecular complexity index is 281. The van der Waals surface area contributed by atoms with Crippen LogP contribution in [0.5, 0.6) is 0 Å². The van der Waals surface area contributed by atoms with Gasteiger partial charge in [0.2, 0.25) is 0 Å². The van der Waals surface area contributed by atoms with Gasteiger partial charge in [0.15, 0.2) is 0 Å². The normalized spacial score (nSPS) is 20.4. The maximum Gasteiger partial charge on any atom is 0.407 e. The van der Waals surface area contributed by atoms with Gasteiger partial charge in [-0.25, -0.2) is 4.79 Å². The molecule has 3 nitrogen and oxygen atoms in total. The minimum atomic E-state index is -0.363. The van der Waals surface area contributed by atoms with E-state index in [0.717, 1.165) is 19.3 Å². The van der Waals surface area contributed by atoms with E-state index in [1.807, 2.05) is 0 Å². The monoisotopic (exact) mass is 209 g/mol. The average Bonchev–Trinajstić information content (AvgIpc) is 2.26. The molecule has 0 spiro atoms. The third-order valence-electron chi connectivity index (χ3n) is 2.85. The fourth-order valence-electron chi connectivity index (χ4n) is 1.75. The lowest BCUT2D eigenvalue weighted by molar-refractivity contribution is 0.172. The van der Waals surface area contributed by atoms with Crippen molar-refractivity contribution in [3.63, 3.8) is 0 Å². The van der Waals surface area contributed by atoms with Crippen molar-refractivity contribution < 1.29 is 9.53 Å². The first-order valence-electron chi connectivity index (χ1n) is 5.28. The van der Waals surface area contributed by atoms with Crippen LogP contribution in [-0.4, -0.2) is 19.7 Å². The second kappa shape index (κ2) is 5.59. The number of methoxy groups -OCH3 is 1. The van der Waals surface area contributed by atoms with E-state index >= 15 is 0 Å². The van der Waals surface area contributed by atoms with Gasteiger partial charge in [0.05, 0.1) is 7.11 Å². The highest BCUT2D eigenvalue weighted by molar-refractivity contribution is 5.67. The molecule has 1 amide bonds. The summed E-state index contributed by atoms with van der Waals surface area (Å²) in [5.74, 6) is 0.617. The summed E-state index contributed by atoms with van der Waals surface area (Å²) in [6, 6.07) is 0. The van der Waals surface area contributed by atoms with Crippen LogP contribution in [0.4, 0.5) is 4.79 Å². The first-order valence-corrected chi connectivity index (χ1v) is 5.28. The van der Waals surface area contributed by atoms with Crippen molar-refractivity contribution in [1.29, 1.82) is 0 Å². The Kier molecular flexibility index (Phi) is 4.40. The summed E-state index contributed by atoms with van der Waals surface area (Å²) >= 11 is 0. The van der Waals surface area contributed by atoms with E-state index < -0.39 is 0 Å². The zero-order chi connectivity index (χ0) is 11.3. The molecule has 0 aliphatic heterocycles. The summed E-state index contributed by atoms with van der Waals surface area (Å²) in [4.78, 5) is 10.9. The highest BCUT2D eigenvalue weighted by Gasteiger charge is 2.14. The highest BCUT2D eigenvalue weighted by Crippen LogP contribution is 2.27. The summed E-state index contributed by atoms with van der Waals surface area (Å²) in [6.45, 7) is 6.66. The molecule has 1 aliphatic carbocycles. The molecule has 1 unspecified atom stereocenters. The molecule has 0 aromatic carbocycles. The number of alkyl carbamates (subject to hydrolysis) is 1. The Balaban J connectivity index is 2.34. The fourth-order valence-corrected chi connectivity index (χ4v) is 1.75. The van der Waals surface area contributed by atoms with Gasteiger partial charge in [0, 0.05) is 6.54 Å². The van der Waals surface area contributed by atoms with Crippen molar-refractivity contribution >= 4 is 6.09 Å². The molecule has 0 saturated carbocycles. The van der Waals surface area contributed by atoms with E-state index in [1.165, 1.54) is 18.3 Å². The molecule has 0 fully saturated rings. The standard InChI is InChI=1S/C12H19NO2/c1-9(2)11-6-4-10(5-7-11)8-13-12(14)15-3/h4,11H,1,5-8H2,2-3H3,(H,13,14). The van der Waals surface area contributed by atoms with Crippen LogP contribution in [0.3, 0.4) is 0 Å². The van der Waals surface area contributed by atoms with Crippen LogP contribution in [-0.2, 0) is 4.74 Å². The molecular formula is C12H19NO2. The molecule has 1 aliphatic rings. The smallest absolute Gasteiger partial charge is 0.407 e. The maximum atomic E-state index is 10.9. The molecule has 0 aromatic rings. The van der Waals surface area contributed by atoms with Gasteiger partial charge in [-0.2, -0.15) is 0 Å². The van der Waals surface area contributed by atoms with E-state index in [4.69, 9.17) is 0 Å². The lowest BCUT2D eigenvalue weighted by Gasteiger charge is -2.22. The molecule has 0 aromatic heterocycles. The average molecular weight is 209 g/mol. The zero-order valence-electron chi connectivity index (χ0n) is 9.51. The molecule has 1 N–H and O–H groups in total. The molecule has 0 heterocycles. The van der Waals surface area contributed by atoms with Crippen molar-refractivity contribution in [1.82, 2.24) is 5.32 Å². The summed E-state index contributed by atoms with van der Waals surface area (Å²) in [6.07, 6.45) is 5.08. The quantitative estimate of drug-likeness (QED) is 0.726. The van der Waals surface area contributed by atoms with E-state index in [1.54, 1.807) is 0 Å². The van der Waals surface area contributed by atoms with Crippen molar-refractivity contribution in [2.75, 3.05) is 13.7 Å². The molecule has 0 radical (unpaired) electrons. The first kappa shape index (κ1) is 11.8. The third kappa shape index (κ3) is 3.78. The van der Waals surface area contributed by atoms with Crippen molar-refractivity contribution in [2.45, 2.75) is 26.2 Å². The predicted octanol–water partition coefficient (Wildman–Crippen LogP) is 2.65. The molecule has 1 rings (SSSR count). The van der Waals surface area contributed by atoms with Crippen LogP contribution >= 0.6 is 0 Å². The number of rotatable bonds is 3. The van der Waals surface area contributed by atoms with Gasteiger partial charge >= 0.3 is 6.09 Å². The summed E-state index contributed by atoms with van der Waals surface area (Å²) < 4.78 is 4.51. The Morgan fingerprint density at radius 1 is 1.73 bits per heavy atom. The molecule has 84 valence electrons. The van der Waals surface area contributed by atoms with E-state index in [-0.39, 0.29) is 6.09 Å². The second-order valence-electron chi connectivity index (χ2n) is 4.03. The number of amides is 1. The van der Waals surface area contributed by atoms with Gasteiger partial charge in [-0.15, -0.1) is 0 Å². The topological polar surface area (TPSA) is 38.3 Å². The van der Waals surface area contributed by atoms with Crippen molar-refractivity contribution in [3.05, 3.63) is 23.8 Å². The Morgan fingerprint density at radius 2 is 2.47 bits per heavy atom. The van der Waals surface area contributed by atoms with Gasteiger partial charge in [0.25, 0.3) is 0 Å². The van der Waals surface area contributed by atoms with Crippen LogP contribution in [0, 0.1) is 5.92 Å². The minimum absolute atomic E-state index is 0.363. The number of carbonyl (C=O) groups is 1. The molecule has 0 saturated heterocycles. The molecule has 3 heteroatoms. The maximum absolute atomic E-state index is 10.9. The molecule has 1 atom stereocenters. The van der Waals surface area contributed by atoms with Gasteiger partial charge in [-0.05, 0) is 32.1 Å². The molecule has 0 bridgehead atoms. The summed E-state index contributed by atoms with van der Waals surface area (Å²) in [5, 5.41) is 2.69.